The molecule has 2 unspecified atom stereocenters. The fraction of sp³-hybridized carbons (Fsp3) is 1.00. The van der Waals surface area contributed by atoms with Crippen molar-refractivity contribution >= 4 is 0 Å². The second kappa shape index (κ2) is 6.02. The average Bonchev–Trinajstić information content (AvgIpc) is 2.12. The molecule has 2 nitrogen and oxygen atoms in total. The highest BCUT2D eigenvalue weighted by atomic mass is 16.5. The summed E-state index contributed by atoms with van der Waals surface area (Å²) in [6, 6.07) is 0.500. The van der Waals surface area contributed by atoms with Gasteiger partial charge in [0.2, 0.25) is 0 Å². The third-order valence-corrected chi connectivity index (χ3v) is 3.60. The summed E-state index contributed by atoms with van der Waals surface area (Å²) in [7, 11) is 1.78. The molecule has 0 rings (SSSR count). The summed E-state index contributed by atoms with van der Waals surface area (Å²) in [6.07, 6.45) is 1.04. The SMILES string of the molecule is COC(C)(C)CC(C)NCC(C)C(C)(C)C. The molecule has 1 N–H and O–H groups in total. The van der Waals surface area contributed by atoms with E-state index in [-0.39, 0.29) is 5.60 Å². The molecule has 0 spiro atoms. The molecule has 0 heterocycles. The summed E-state index contributed by atoms with van der Waals surface area (Å²) in [5.41, 5.74) is 0.348. The van der Waals surface area contributed by atoms with Gasteiger partial charge in [0.05, 0.1) is 5.60 Å². The quantitative estimate of drug-likeness (QED) is 0.753. The summed E-state index contributed by atoms with van der Waals surface area (Å²) in [5, 5.41) is 3.60. The van der Waals surface area contributed by atoms with Gasteiger partial charge in [-0.3, -0.25) is 0 Å². The van der Waals surface area contributed by atoms with Crippen LogP contribution in [0.1, 0.15) is 54.9 Å². The van der Waals surface area contributed by atoms with Crippen LogP contribution in [0.4, 0.5) is 0 Å². The Morgan fingerprint density at radius 2 is 1.56 bits per heavy atom. The number of rotatable bonds is 6. The minimum absolute atomic E-state index is 0.0304. The van der Waals surface area contributed by atoms with E-state index in [1.807, 2.05) is 0 Å². The molecule has 98 valence electrons. The van der Waals surface area contributed by atoms with Crippen LogP contribution in [-0.4, -0.2) is 25.3 Å². The molecule has 0 amide bonds. The van der Waals surface area contributed by atoms with Crippen molar-refractivity contribution in [2.45, 2.75) is 66.5 Å². The van der Waals surface area contributed by atoms with Crippen molar-refractivity contribution < 1.29 is 4.74 Å². The van der Waals surface area contributed by atoms with Crippen molar-refractivity contribution in [2.75, 3.05) is 13.7 Å². The molecule has 0 fully saturated rings. The van der Waals surface area contributed by atoms with Gasteiger partial charge in [-0.05, 0) is 45.1 Å². The minimum atomic E-state index is -0.0304. The Labute approximate surface area is 102 Å². The van der Waals surface area contributed by atoms with Gasteiger partial charge in [-0.25, -0.2) is 0 Å². The van der Waals surface area contributed by atoms with Crippen molar-refractivity contribution in [1.29, 1.82) is 0 Å². The number of ether oxygens (including phenoxy) is 1. The summed E-state index contributed by atoms with van der Waals surface area (Å²) in [5.74, 6) is 0.681. The van der Waals surface area contributed by atoms with Gasteiger partial charge in [-0.2, -0.15) is 0 Å². The van der Waals surface area contributed by atoms with E-state index in [4.69, 9.17) is 4.74 Å². The second-order valence-corrected chi connectivity index (χ2v) is 6.74. The molecule has 0 aliphatic carbocycles. The zero-order valence-corrected chi connectivity index (χ0v) is 12.5. The summed E-state index contributed by atoms with van der Waals surface area (Å²) < 4.78 is 5.44. The Hall–Kier alpha value is -0.0800. The lowest BCUT2D eigenvalue weighted by Crippen LogP contribution is -2.39. The third-order valence-electron chi connectivity index (χ3n) is 3.60. The van der Waals surface area contributed by atoms with E-state index in [0.29, 0.717) is 17.4 Å². The van der Waals surface area contributed by atoms with Crippen molar-refractivity contribution in [2.24, 2.45) is 11.3 Å². The fourth-order valence-corrected chi connectivity index (χ4v) is 1.58. The summed E-state index contributed by atoms with van der Waals surface area (Å²) in [6.45, 7) is 16.8. The maximum absolute atomic E-state index is 5.44. The highest BCUT2D eigenvalue weighted by Crippen LogP contribution is 2.24. The molecular weight excluding hydrogens is 198 g/mol. The summed E-state index contributed by atoms with van der Waals surface area (Å²) >= 11 is 0. The average molecular weight is 229 g/mol. The van der Waals surface area contributed by atoms with Crippen LogP contribution >= 0.6 is 0 Å². The molecule has 0 bridgehead atoms. The smallest absolute Gasteiger partial charge is 0.0637 e. The number of nitrogens with one attached hydrogen (secondary N) is 1. The molecule has 0 radical (unpaired) electrons. The topological polar surface area (TPSA) is 21.3 Å². The highest BCUT2D eigenvalue weighted by molar-refractivity contribution is 4.78. The Bertz CT molecular complexity index is 193. The molecular formula is C14H31NO. The lowest BCUT2D eigenvalue weighted by molar-refractivity contribution is 0.00800. The van der Waals surface area contributed by atoms with E-state index in [2.05, 4.69) is 53.8 Å². The first-order valence-corrected chi connectivity index (χ1v) is 6.37. The van der Waals surface area contributed by atoms with Gasteiger partial charge in [0.1, 0.15) is 0 Å². The van der Waals surface area contributed by atoms with Crippen LogP contribution in [0.15, 0.2) is 0 Å². The number of hydrogen-bond acceptors (Lipinski definition) is 2. The van der Waals surface area contributed by atoms with E-state index >= 15 is 0 Å². The monoisotopic (exact) mass is 229 g/mol. The Morgan fingerprint density at radius 1 is 1.06 bits per heavy atom. The molecule has 0 saturated carbocycles. The van der Waals surface area contributed by atoms with Gasteiger partial charge in [-0.15, -0.1) is 0 Å². The van der Waals surface area contributed by atoms with Crippen LogP contribution < -0.4 is 5.32 Å². The van der Waals surface area contributed by atoms with Crippen molar-refractivity contribution in [1.82, 2.24) is 5.32 Å². The second-order valence-electron chi connectivity index (χ2n) is 6.74. The predicted octanol–water partition coefficient (Wildman–Crippen LogP) is 3.46. The fourth-order valence-electron chi connectivity index (χ4n) is 1.58. The van der Waals surface area contributed by atoms with Crippen molar-refractivity contribution in [3.63, 3.8) is 0 Å². The largest absolute Gasteiger partial charge is 0.379 e. The van der Waals surface area contributed by atoms with Crippen LogP contribution in [-0.2, 0) is 4.74 Å². The van der Waals surface area contributed by atoms with Crippen LogP contribution in [0.25, 0.3) is 0 Å². The first kappa shape index (κ1) is 15.9. The Balaban J connectivity index is 3.95. The standard InChI is InChI=1S/C14H31NO/c1-11(13(3,4)5)10-15-12(2)9-14(6,7)16-8/h11-12,15H,9-10H2,1-8H3. The van der Waals surface area contributed by atoms with Crippen LogP contribution in [0.5, 0.6) is 0 Å². The van der Waals surface area contributed by atoms with Gasteiger partial charge < -0.3 is 10.1 Å². The predicted molar refractivity (Wildman–Crippen MR) is 71.8 cm³/mol. The van der Waals surface area contributed by atoms with Gasteiger partial charge in [0, 0.05) is 13.2 Å². The minimum Gasteiger partial charge on any atom is -0.379 e. The number of methoxy groups -OCH3 is 1. The first-order chi connectivity index (χ1) is 7.08. The first-order valence-electron chi connectivity index (χ1n) is 6.37. The van der Waals surface area contributed by atoms with E-state index in [9.17, 15) is 0 Å². The number of hydrogen-bond donors (Lipinski definition) is 1. The van der Waals surface area contributed by atoms with E-state index in [0.717, 1.165) is 13.0 Å². The molecule has 0 aromatic heterocycles. The van der Waals surface area contributed by atoms with Crippen molar-refractivity contribution in [3.8, 4) is 0 Å². The van der Waals surface area contributed by atoms with E-state index in [1.165, 1.54) is 0 Å². The molecule has 0 aromatic carbocycles. The molecule has 16 heavy (non-hydrogen) atoms. The lowest BCUT2D eigenvalue weighted by Gasteiger charge is -2.31. The zero-order chi connectivity index (χ0) is 13.0. The van der Waals surface area contributed by atoms with Gasteiger partial charge in [-0.1, -0.05) is 27.7 Å². The van der Waals surface area contributed by atoms with Crippen molar-refractivity contribution in [3.05, 3.63) is 0 Å². The Kier molecular flexibility index (Phi) is 5.99. The normalized spacial score (nSPS) is 17.2. The molecule has 0 saturated heterocycles. The maximum atomic E-state index is 5.44. The van der Waals surface area contributed by atoms with Gasteiger partial charge in [0.25, 0.3) is 0 Å². The van der Waals surface area contributed by atoms with Crippen LogP contribution in [0.3, 0.4) is 0 Å². The van der Waals surface area contributed by atoms with Crippen LogP contribution in [0.2, 0.25) is 0 Å². The van der Waals surface area contributed by atoms with Gasteiger partial charge in [0.15, 0.2) is 0 Å². The molecule has 2 atom stereocenters. The Morgan fingerprint density at radius 3 is 1.94 bits per heavy atom. The molecule has 0 aromatic rings. The molecule has 0 aliphatic rings. The molecule has 0 aliphatic heterocycles. The van der Waals surface area contributed by atoms with Gasteiger partial charge >= 0.3 is 0 Å². The van der Waals surface area contributed by atoms with E-state index in [1.54, 1.807) is 7.11 Å². The molecule has 2 heteroatoms. The van der Waals surface area contributed by atoms with Crippen LogP contribution in [0, 0.1) is 11.3 Å². The summed E-state index contributed by atoms with van der Waals surface area (Å²) in [4.78, 5) is 0. The zero-order valence-electron chi connectivity index (χ0n) is 12.5. The third kappa shape index (κ3) is 6.49. The van der Waals surface area contributed by atoms with E-state index < -0.39 is 0 Å². The maximum Gasteiger partial charge on any atom is 0.0637 e. The highest BCUT2D eigenvalue weighted by Gasteiger charge is 2.23. The lowest BCUT2D eigenvalue weighted by atomic mass is 9.82.